The summed E-state index contributed by atoms with van der Waals surface area (Å²) in [6, 6.07) is 13.2. The van der Waals surface area contributed by atoms with Gasteiger partial charge in [0, 0.05) is 19.6 Å². The van der Waals surface area contributed by atoms with Crippen molar-refractivity contribution in [2.45, 2.75) is 31.1 Å². The standard InChI is InChI=1S/C22H25N3O3S2/c1-15-4-2-6-19-20(15)24-22(29-19)25-13-3-5-17(14-25)21(26)23-12-11-16-7-9-18(10-8-16)30(27)28/h2,4,6-10,17H,3,5,11-14H2,1H3,(H,23,26)(H,27,28). The molecule has 0 bridgehead atoms. The molecule has 2 unspecified atom stereocenters. The number of piperidine rings is 1. The number of hydrogen-bond acceptors (Lipinski definition) is 5. The number of benzene rings is 2. The van der Waals surface area contributed by atoms with Crippen molar-refractivity contribution in [3.8, 4) is 0 Å². The lowest BCUT2D eigenvalue weighted by Crippen LogP contribution is -2.43. The molecule has 3 aromatic rings. The quantitative estimate of drug-likeness (QED) is 0.567. The average molecular weight is 444 g/mol. The molecule has 2 N–H and O–H groups in total. The van der Waals surface area contributed by atoms with Crippen LogP contribution < -0.4 is 10.2 Å². The minimum atomic E-state index is -1.96. The van der Waals surface area contributed by atoms with E-state index in [1.54, 1.807) is 23.5 Å². The van der Waals surface area contributed by atoms with Gasteiger partial charge < -0.3 is 14.8 Å². The van der Waals surface area contributed by atoms with Crippen LogP contribution in [0.15, 0.2) is 47.4 Å². The molecule has 0 spiro atoms. The zero-order valence-corrected chi connectivity index (χ0v) is 18.5. The van der Waals surface area contributed by atoms with Crippen molar-refractivity contribution in [3.63, 3.8) is 0 Å². The van der Waals surface area contributed by atoms with Crippen molar-refractivity contribution < 1.29 is 13.6 Å². The predicted molar refractivity (Wildman–Crippen MR) is 121 cm³/mol. The van der Waals surface area contributed by atoms with E-state index in [0.717, 1.165) is 35.6 Å². The van der Waals surface area contributed by atoms with E-state index in [1.165, 1.54) is 10.3 Å². The van der Waals surface area contributed by atoms with Crippen LogP contribution in [-0.2, 0) is 22.3 Å². The summed E-state index contributed by atoms with van der Waals surface area (Å²) in [4.78, 5) is 20.2. The van der Waals surface area contributed by atoms with Crippen molar-refractivity contribution in [2.24, 2.45) is 5.92 Å². The van der Waals surface area contributed by atoms with E-state index in [4.69, 9.17) is 9.54 Å². The van der Waals surface area contributed by atoms with Crippen LogP contribution in [0.25, 0.3) is 10.2 Å². The number of fused-ring (bicyclic) bond motifs is 1. The smallest absolute Gasteiger partial charge is 0.224 e. The van der Waals surface area contributed by atoms with Gasteiger partial charge >= 0.3 is 0 Å². The largest absolute Gasteiger partial charge is 0.355 e. The number of aryl methyl sites for hydroxylation is 1. The average Bonchev–Trinajstić information content (AvgIpc) is 3.20. The highest BCUT2D eigenvalue weighted by Crippen LogP contribution is 2.32. The first-order valence-electron chi connectivity index (χ1n) is 10.1. The van der Waals surface area contributed by atoms with Gasteiger partial charge in [0.25, 0.3) is 0 Å². The second-order valence-corrected chi connectivity index (χ2v) is 9.62. The van der Waals surface area contributed by atoms with E-state index in [-0.39, 0.29) is 11.8 Å². The first-order valence-corrected chi connectivity index (χ1v) is 12.0. The molecule has 1 aromatic heterocycles. The number of para-hydroxylation sites is 1. The number of amides is 1. The molecule has 2 atom stereocenters. The van der Waals surface area contributed by atoms with E-state index in [0.29, 0.717) is 24.4 Å². The second kappa shape index (κ2) is 9.24. The summed E-state index contributed by atoms with van der Waals surface area (Å²) in [5.74, 6) is 0.0520. The van der Waals surface area contributed by atoms with Crippen LogP contribution in [0, 0.1) is 12.8 Å². The fourth-order valence-electron chi connectivity index (χ4n) is 3.82. The Morgan fingerprint density at radius 1 is 1.30 bits per heavy atom. The van der Waals surface area contributed by atoms with Gasteiger partial charge in [0.2, 0.25) is 5.91 Å². The van der Waals surface area contributed by atoms with Crippen LogP contribution in [0.3, 0.4) is 0 Å². The maximum Gasteiger partial charge on any atom is 0.224 e. The molecule has 0 aliphatic carbocycles. The number of thiazole rings is 1. The maximum absolute atomic E-state index is 12.7. The molecule has 1 aliphatic rings. The Kier molecular flexibility index (Phi) is 6.46. The molecule has 8 heteroatoms. The molecule has 6 nitrogen and oxygen atoms in total. The number of hydrogen-bond donors (Lipinski definition) is 2. The summed E-state index contributed by atoms with van der Waals surface area (Å²) < 4.78 is 21.3. The van der Waals surface area contributed by atoms with Gasteiger partial charge in [-0.1, -0.05) is 35.6 Å². The number of carbonyl (C=O) groups excluding carboxylic acids is 1. The first-order chi connectivity index (χ1) is 14.5. The number of nitrogens with zero attached hydrogens (tertiary/aromatic N) is 2. The van der Waals surface area contributed by atoms with Crippen molar-refractivity contribution >= 4 is 43.7 Å². The summed E-state index contributed by atoms with van der Waals surface area (Å²) in [6.45, 7) is 4.26. The van der Waals surface area contributed by atoms with Crippen LogP contribution in [-0.4, -0.2) is 39.3 Å². The van der Waals surface area contributed by atoms with Crippen LogP contribution in [0.4, 0.5) is 5.13 Å². The van der Waals surface area contributed by atoms with Crippen molar-refractivity contribution in [1.29, 1.82) is 0 Å². The van der Waals surface area contributed by atoms with Gasteiger partial charge in [0.05, 0.1) is 21.0 Å². The normalized spacial score (nSPS) is 17.8. The van der Waals surface area contributed by atoms with Gasteiger partial charge in [-0.15, -0.1) is 0 Å². The Labute approximate surface area is 182 Å². The highest BCUT2D eigenvalue weighted by atomic mass is 32.2. The molecule has 1 amide bonds. The zero-order chi connectivity index (χ0) is 21.1. The van der Waals surface area contributed by atoms with Crippen LogP contribution >= 0.6 is 11.3 Å². The highest BCUT2D eigenvalue weighted by molar-refractivity contribution is 7.79. The third kappa shape index (κ3) is 4.71. The van der Waals surface area contributed by atoms with Gasteiger partial charge in [0.15, 0.2) is 16.2 Å². The van der Waals surface area contributed by atoms with E-state index >= 15 is 0 Å². The van der Waals surface area contributed by atoms with E-state index in [1.807, 2.05) is 12.1 Å². The number of nitrogens with one attached hydrogen (secondary N) is 1. The third-order valence-electron chi connectivity index (χ3n) is 5.51. The Hall–Kier alpha value is -2.29. The third-order valence-corrected chi connectivity index (χ3v) is 7.27. The predicted octanol–water partition coefficient (Wildman–Crippen LogP) is 3.76. The Balaban J connectivity index is 1.32. The van der Waals surface area contributed by atoms with E-state index in [9.17, 15) is 9.00 Å². The Morgan fingerprint density at radius 2 is 2.10 bits per heavy atom. The summed E-state index contributed by atoms with van der Waals surface area (Å²) in [6.07, 6.45) is 2.56. The summed E-state index contributed by atoms with van der Waals surface area (Å²) in [5, 5.41) is 4.05. The molecule has 2 heterocycles. The van der Waals surface area contributed by atoms with Crippen LogP contribution in [0.2, 0.25) is 0 Å². The van der Waals surface area contributed by atoms with Crippen molar-refractivity contribution in [3.05, 3.63) is 53.6 Å². The molecular weight excluding hydrogens is 418 g/mol. The number of rotatable bonds is 6. The first kappa shape index (κ1) is 21.0. The van der Waals surface area contributed by atoms with Gasteiger partial charge in [-0.2, -0.15) is 0 Å². The molecule has 1 saturated heterocycles. The lowest BCUT2D eigenvalue weighted by molar-refractivity contribution is -0.125. The van der Waals surface area contributed by atoms with E-state index in [2.05, 4.69) is 35.3 Å². The summed E-state index contributed by atoms with van der Waals surface area (Å²) in [5.41, 5.74) is 3.26. The van der Waals surface area contributed by atoms with Crippen LogP contribution in [0.1, 0.15) is 24.0 Å². The topological polar surface area (TPSA) is 82.5 Å². The lowest BCUT2D eigenvalue weighted by atomic mass is 9.97. The SMILES string of the molecule is Cc1cccc2sc(N3CCCC(C(=O)NCCc4ccc(S(=O)O)cc4)C3)nc12. The van der Waals surface area contributed by atoms with Gasteiger partial charge in [0.1, 0.15) is 0 Å². The number of anilines is 1. The molecule has 30 heavy (non-hydrogen) atoms. The highest BCUT2D eigenvalue weighted by Gasteiger charge is 2.27. The van der Waals surface area contributed by atoms with Gasteiger partial charge in [-0.05, 0) is 55.5 Å². The molecule has 0 radical (unpaired) electrons. The zero-order valence-electron chi connectivity index (χ0n) is 16.8. The molecule has 1 fully saturated rings. The molecular formula is C22H25N3O3S2. The molecule has 4 rings (SSSR count). The fraction of sp³-hybridized carbons (Fsp3) is 0.364. The molecule has 2 aromatic carbocycles. The fourth-order valence-corrected chi connectivity index (χ4v) is 5.27. The molecule has 1 aliphatic heterocycles. The Morgan fingerprint density at radius 3 is 2.83 bits per heavy atom. The lowest BCUT2D eigenvalue weighted by Gasteiger charge is -2.31. The van der Waals surface area contributed by atoms with Gasteiger partial charge in [-0.25, -0.2) is 9.19 Å². The van der Waals surface area contributed by atoms with Crippen molar-refractivity contribution in [2.75, 3.05) is 24.5 Å². The van der Waals surface area contributed by atoms with Crippen molar-refractivity contribution in [1.82, 2.24) is 10.3 Å². The van der Waals surface area contributed by atoms with E-state index < -0.39 is 11.1 Å². The second-order valence-electron chi connectivity index (χ2n) is 7.64. The Bertz CT molecular complexity index is 1070. The molecule has 0 saturated carbocycles. The molecule has 158 valence electrons. The number of aromatic nitrogens is 1. The monoisotopic (exact) mass is 443 g/mol. The summed E-state index contributed by atoms with van der Waals surface area (Å²) in [7, 11) is 0. The summed E-state index contributed by atoms with van der Waals surface area (Å²) >= 11 is -0.265. The maximum atomic E-state index is 12.7. The van der Waals surface area contributed by atoms with Gasteiger partial charge in [-0.3, -0.25) is 4.79 Å². The number of carbonyl (C=O) groups is 1. The minimum absolute atomic E-state index is 0.0361. The van der Waals surface area contributed by atoms with Crippen LogP contribution in [0.5, 0.6) is 0 Å². The minimum Gasteiger partial charge on any atom is -0.355 e.